The summed E-state index contributed by atoms with van der Waals surface area (Å²) >= 11 is 6.02. The number of hydrogen-bond donors (Lipinski definition) is 1. The molecule has 0 aliphatic heterocycles. The van der Waals surface area contributed by atoms with Gasteiger partial charge in [0.25, 0.3) is 11.5 Å². The summed E-state index contributed by atoms with van der Waals surface area (Å²) in [6.45, 7) is 1.09. The van der Waals surface area contributed by atoms with Crippen LogP contribution in [0.2, 0.25) is 5.02 Å². The van der Waals surface area contributed by atoms with Crippen LogP contribution in [0.5, 0.6) is 5.75 Å². The molecule has 0 unspecified atom stereocenters. The van der Waals surface area contributed by atoms with Gasteiger partial charge < -0.3 is 10.1 Å². The second kappa shape index (κ2) is 9.01. The van der Waals surface area contributed by atoms with Gasteiger partial charge in [0.2, 0.25) is 0 Å². The second-order valence-electron chi connectivity index (χ2n) is 6.90. The second-order valence-corrected chi connectivity index (χ2v) is 7.33. The van der Waals surface area contributed by atoms with Crippen LogP contribution in [0.1, 0.15) is 15.9 Å². The summed E-state index contributed by atoms with van der Waals surface area (Å²) in [7, 11) is 1.57. The van der Waals surface area contributed by atoms with Crippen LogP contribution in [0, 0.1) is 0 Å². The number of methoxy groups -OCH3 is 1. The molecule has 2 aromatic heterocycles. The Hall–Kier alpha value is -3.65. The quantitative estimate of drug-likeness (QED) is 0.480. The lowest BCUT2D eigenvalue weighted by Gasteiger charge is -2.08. The SMILES string of the molecule is COc1ccc(C(=O)NCCn2ncc3c(=O)n(Cc4cccc(Cl)c4)cnc32)cc1. The molecule has 0 saturated heterocycles. The maximum absolute atomic E-state index is 12.8. The molecule has 0 aliphatic carbocycles. The van der Waals surface area contributed by atoms with Crippen LogP contribution in [0.15, 0.2) is 65.8 Å². The van der Waals surface area contributed by atoms with Gasteiger partial charge in [-0.05, 0) is 42.0 Å². The third kappa shape index (κ3) is 4.59. The molecular weight excluding hydrogens is 418 g/mol. The zero-order valence-electron chi connectivity index (χ0n) is 16.8. The van der Waals surface area contributed by atoms with Crippen molar-refractivity contribution in [1.29, 1.82) is 0 Å². The summed E-state index contributed by atoms with van der Waals surface area (Å²) in [6, 6.07) is 14.2. The molecule has 1 amide bonds. The van der Waals surface area contributed by atoms with Crippen LogP contribution in [0.4, 0.5) is 0 Å². The van der Waals surface area contributed by atoms with E-state index >= 15 is 0 Å². The largest absolute Gasteiger partial charge is 0.497 e. The molecule has 0 saturated carbocycles. The van der Waals surface area contributed by atoms with Gasteiger partial charge in [-0.3, -0.25) is 14.2 Å². The lowest BCUT2D eigenvalue weighted by molar-refractivity contribution is 0.0952. The molecule has 8 nitrogen and oxygen atoms in total. The molecule has 2 aromatic carbocycles. The number of carbonyl (C=O) groups is 1. The Kier molecular flexibility index (Phi) is 5.99. The van der Waals surface area contributed by atoms with E-state index in [1.807, 2.05) is 18.2 Å². The highest BCUT2D eigenvalue weighted by atomic mass is 35.5. The summed E-state index contributed by atoms with van der Waals surface area (Å²) in [6.07, 6.45) is 3.00. The van der Waals surface area contributed by atoms with Crippen molar-refractivity contribution in [2.45, 2.75) is 13.1 Å². The minimum atomic E-state index is -0.198. The number of nitrogens with zero attached hydrogens (tertiary/aromatic N) is 4. The molecule has 31 heavy (non-hydrogen) atoms. The molecule has 0 spiro atoms. The van der Waals surface area contributed by atoms with Crippen LogP contribution in [0.25, 0.3) is 11.0 Å². The van der Waals surface area contributed by atoms with Crippen molar-refractivity contribution in [1.82, 2.24) is 24.6 Å². The number of halogens is 1. The number of fused-ring (bicyclic) bond motifs is 1. The van der Waals surface area contributed by atoms with Gasteiger partial charge in [0.05, 0.1) is 26.4 Å². The number of amides is 1. The first-order chi connectivity index (χ1) is 15.0. The van der Waals surface area contributed by atoms with Crippen LogP contribution in [0.3, 0.4) is 0 Å². The van der Waals surface area contributed by atoms with Gasteiger partial charge in [-0.1, -0.05) is 23.7 Å². The predicted molar refractivity (Wildman–Crippen MR) is 118 cm³/mol. The molecule has 4 rings (SSSR count). The minimum absolute atomic E-state index is 0.182. The van der Waals surface area contributed by atoms with Crippen molar-refractivity contribution in [3.63, 3.8) is 0 Å². The van der Waals surface area contributed by atoms with Crippen molar-refractivity contribution >= 4 is 28.5 Å². The summed E-state index contributed by atoms with van der Waals surface area (Å²) in [5.74, 6) is 0.489. The van der Waals surface area contributed by atoms with Crippen LogP contribution in [-0.4, -0.2) is 38.9 Å². The Morgan fingerprint density at radius 1 is 1.19 bits per heavy atom. The van der Waals surface area contributed by atoms with E-state index in [-0.39, 0.29) is 11.5 Å². The van der Waals surface area contributed by atoms with Gasteiger partial charge in [-0.2, -0.15) is 5.10 Å². The molecule has 9 heteroatoms. The monoisotopic (exact) mass is 437 g/mol. The fraction of sp³-hybridized carbons (Fsp3) is 0.182. The third-order valence-electron chi connectivity index (χ3n) is 4.83. The predicted octanol–water partition coefficient (Wildman–Crippen LogP) is 2.73. The fourth-order valence-corrected chi connectivity index (χ4v) is 3.44. The maximum Gasteiger partial charge on any atom is 0.264 e. The lowest BCUT2D eigenvalue weighted by atomic mass is 10.2. The standard InChI is InChI=1S/C22H20ClN5O3/c1-31-18-7-5-16(6-8-18)21(29)24-9-10-28-20-19(12-26-28)22(30)27(14-25-20)13-15-3-2-4-17(23)11-15/h2-8,11-12,14H,9-10,13H2,1H3,(H,24,29). The van der Waals surface area contributed by atoms with Crippen LogP contribution < -0.4 is 15.6 Å². The summed E-state index contributed by atoms with van der Waals surface area (Å²) in [5, 5.41) is 8.14. The van der Waals surface area contributed by atoms with Crippen molar-refractivity contribution in [3.8, 4) is 5.75 Å². The van der Waals surface area contributed by atoms with Gasteiger partial charge in [0, 0.05) is 17.1 Å². The number of nitrogens with one attached hydrogen (secondary N) is 1. The Bertz CT molecular complexity index is 1280. The number of ether oxygens (including phenoxy) is 1. The molecule has 0 fully saturated rings. The van der Waals surface area contributed by atoms with Crippen LogP contribution in [-0.2, 0) is 13.1 Å². The number of aromatic nitrogens is 4. The molecular formula is C22H20ClN5O3. The molecule has 1 N–H and O–H groups in total. The van der Waals surface area contributed by atoms with Gasteiger partial charge in [-0.25, -0.2) is 9.67 Å². The van der Waals surface area contributed by atoms with E-state index in [0.717, 1.165) is 5.56 Å². The number of hydrogen-bond acceptors (Lipinski definition) is 5. The van der Waals surface area contributed by atoms with Crippen molar-refractivity contribution in [2.24, 2.45) is 0 Å². The Morgan fingerprint density at radius 3 is 2.74 bits per heavy atom. The smallest absolute Gasteiger partial charge is 0.264 e. The first kappa shape index (κ1) is 20.6. The van der Waals surface area contributed by atoms with E-state index in [0.29, 0.717) is 47.0 Å². The first-order valence-electron chi connectivity index (χ1n) is 9.63. The van der Waals surface area contributed by atoms with Gasteiger partial charge in [-0.15, -0.1) is 0 Å². The molecule has 0 aliphatic rings. The Labute approximate surface area is 183 Å². The summed E-state index contributed by atoms with van der Waals surface area (Å²) in [5.41, 5.74) is 1.74. The third-order valence-corrected chi connectivity index (χ3v) is 5.06. The molecule has 0 bridgehead atoms. The first-order valence-corrected chi connectivity index (χ1v) is 10.0. The highest BCUT2D eigenvalue weighted by Gasteiger charge is 2.11. The summed E-state index contributed by atoms with van der Waals surface area (Å²) < 4.78 is 8.22. The highest BCUT2D eigenvalue weighted by molar-refractivity contribution is 6.30. The van der Waals surface area contributed by atoms with Crippen molar-refractivity contribution < 1.29 is 9.53 Å². The normalized spacial score (nSPS) is 10.9. The molecule has 0 radical (unpaired) electrons. The van der Waals surface area contributed by atoms with E-state index in [9.17, 15) is 9.59 Å². The van der Waals surface area contributed by atoms with Crippen LogP contribution >= 0.6 is 11.6 Å². The maximum atomic E-state index is 12.8. The van der Waals surface area contributed by atoms with E-state index in [2.05, 4.69) is 15.4 Å². The van der Waals surface area contributed by atoms with E-state index in [4.69, 9.17) is 16.3 Å². The Balaban J connectivity index is 1.43. The molecule has 158 valence electrons. The average molecular weight is 438 g/mol. The lowest BCUT2D eigenvalue weighted by Crippen LogP contribution is -2.27. The van der Waals surface area contributed by atoms with E-state index in [1.165, 1.54) is 17.1 Å². The topological polar surface area (TPSA) is 91.0 Å². The zero-order valence-corrected chi connectivity index (χ0v) is 17.5. The van der Waals surface area contributed by atoms with E-state index < -0.39 is 0 Å². The average Bonchev–Trinajstić information content (AvgIpc) is 3.19. The molecule has 0 atom stereocenters. The molecule has 4 aromatic rings. The number of rotatable bonds is 7. The Morgan fingerprint density at radius 2 is 2.00 bits per heavy atom. The zero-order chi connectivity index (χ0) is 21.8. The molecule has 2 heterocycles. The van der Waals surface area contributed by atoms with E-state index in [1.54, 1.807) is 42.1 Å². The summed E-state index contributed by atoms with van der Waals surface area (Å²) in [4.78, 5) is 29.5. The van der Waals surface area contributed by atoms with Gasteiger partial charge in [0.15, 0.2) is 5.65 Å². The highest BCUT2D eigenvalue weighted by Crippen LogP contribution is 2.13. The number of carbonyl (C=O) groups excluding carboxylic acids is 1. The fourth-order valence-electron chi connectivity index (χ4n) is 3.23. The van der Waals surface area contributed by atoms with Crippen molar-refractivity contribution in [3.05, 3.63) is 87.6 Å². The van der Waals surface area contributed by atoms with Gasteiger partial charge in [0.1, 0.15) is 17.5 Å². The van der Waals surface area contributed by atoms with Crippen molar-refractivity contribution in [2.75, 3.05) is 13.7 Å². The van der Waals surface area contributed by atoms with Gasteiger partial charge >= 0.3 is 0 Å². The number of benzene rings is 2. The minimum Gasteiger partial charge on any atom is -0.497 e.